The first-order valence-electron chi connectivity index (χ1n) is 15.1. The minimum Gasteiger partial charge on any atom is -0.497 e. The van der Waals surface area contributed by atoms with Gasteiger partial charge in [0, 0.05) is 11.1 Å². The van der Waals surface area contributed by atoms with Crippen molar-refractivity contribution in [3.63, 3.8) is 0 Å². The van der Waals surface area contributed by atoms with Crippen LogP contribution in [-0.4, -0.2) is 27.4 Å². The lowest BCUT2D eigenvalue weighted by Gasteiger charge is -2.21. The van der Waals surface area contributed by atoms with Crippen LogP contribution in [-0.2, 0) is 23.3 Å². The number of hydrogen-bond donors (Lipinski definition) is 0. The van der Waals surface area contributed by atoms with Crippen molar-refractivity contribution in [1.29, 1.82) is 0 Å². The highest BCUT2D eigenvalue weighted by Crippen LogP contribution is 2.51. The minimum atomic E-state index is -0.403. The van der Waals surface area contributed by atoms with E-state index in [-0.39, 0.29) is 0 Å². The summed E-state index contributed by atoms with van der Waals surface area (Å²) >= 11 is 0. The summed E-state index contributed by atoms with van der Waals surface area (Å²) in [5, 5.41) is 4.60. The second kappa shape index (κ2) is 11.1. The maximum absolute atomic E-state index is 6.23. The Hall–Kier alpha value is -5.20. The number of hydrogen-bond acceptors (Lipinski definition) is 6. The third-order valence-electron chi connectivity index (χ3n) is 8.99. The van der Waals surface area contributed by atoms with Crippen LogP contribution in [0, 0.1) is 0 Å². The summed E-state index contributed by atoms with van der Waals surface area (Å²) in [6.45, 7) is 1.35. The van der Waals surface area contributed by atoms with Crippen LogP contribution < -0.4 is 23.8 Å². The highest BCUT2D eigenvalue weighted by atomic mass is 17.2. The number of fused-ring (bicyclic) bond motifs is 6. The second-order valence-electron chi connectivity index (χ2n) is 11.8. The monoisotopic (exact) mass is 596 g/mol. The molecule has 0 radical (unpaired) electrons. The van der Waals surface area contributed by atoms with Gasteiger partial charge in [0.15, 0.2) is 5.75 Å². The summed E-state index contributed by atoms with van der Waals surface area (Å²) in [7, 11) is 3.37. The summed E-state index contributed by atoms with van der Waals surface area (Å²) in [5.41, 5.74) is 5.30. The van der Waals surface area contributed by atoms with E-state index in [1.807, 2.05) is 48.5 Å². The molecule has 6 heteroatoms. The number of ether oxygens (including phenoxy) is 4. The lowest BCUT2D eigenvalue weighted by molar-refractivity contribution is -0.217. The Kier molecular flexibility index (Phi) is 6.72. The van der Waals surface area contributed by atoms with Gasteiger partial charge in [-0.3, -0.25) is 0 Å². The third kappa shape index (κ3) is 4.97. The first-order chi connectivity index (χ1) is 22.1. The molecule has 224 valence electrons. The highest BCUT2D eigenvalue weighted by molar-refractivity contribution is 5.85. The van der Waals surface area contributed by atoms with E-state index in [0.29, 0.717) is 25.6 Å². The van der Waals surface area contributed by atoms with E-state index in [2.05, 4.69) is 60.7 Å². The SMILES string of the molecule is COc1ccc2cc(COOc3ccc4c(c3)C3(COc5ccc(Cc6ccc7cc(OC)ccc7c6)cc53)CO4)ccc2c1. The van der Waals surface area contributed by atoms with Crippen LogP contribution in [0.1, 0.15) is 27.8 Å². The van der Waals surface area contributed by atoms with Gasteiger partial charge < -0.3 is 23.8 Å². The average Bonchev–Trinajstić information content (AvgIpc) is 3.64. The fourth-order valence-corrected chi connectivity index (χ4v) is 6.55. The maximum Gasteiger partial charge on any atom is 0.165 e. The lowest BCUT2D eigenvalue weighted by atomic mass is 9.77. The molecule has 0 saturated carbocycles. The van der Waals surface area contributed by atoms with Crippen molar-refractivity contribution in [3.8, 4) is 28.7 Å². The molecule has 0 amide bonds. The van der Waals surface area contributed by atoms with Gasteiger partial charge in [-0.2, -0.15) is 4.89 Å². The molecule has 6 nitrogen and oxygen atoms in total. The Bertz CT molecular complexity index is 2060. The van der Waals surface area contributed by atoms with Gasteiger partial charge >= 0.3 is 0 Å². The molecule has 0 saturated heterocycles. The van der Waals surface area contributed by atoms with Crippen LogP contribution in [0.2, 0.25) is 0 Å². The van der Waals surface area contributed by atoms with Crippen molar-refractivity contribution in [2.45, 2.75) is 18.4 Å². The van der Waals surface area contributed by atoms with Crippen molar-refractivity contribution in [3.05, 3.63) is 137 Å². The molecule has 2 aliphatic heterocycles. The maximum atomic E-state index is 6.23. The molecule has 0 fully saturated rings. The van der Waals surface area contributed by atoms with Crippen LogP contribution >= 0.6 is 0 Å². The fourth-order valence-electron chi connectivity index (χ4n) is 6.55. The predicted octanol–water partition coefficient (Wildman–Crippen LogP) is 8.18. The van der Waals surface area contributed by atoms with E-state index in [4.69, 9.17) is 28.7 Å². The van der Waals surface area contributed by atoms with Gasteiger partial charge in [0.05, 0.1) is 19.6 Å². The van der Waals surface area contributed by atoms with Gasteiger partial charge in [0.1, 0.15) is 42.8 Å². The largest absolute Gasteiger partial charge is 0.497 e. The van der Waals surface area contributed by atoms with Crippen molar-refractivity contribution >= 4 is 21.5 Å². The average molecular weight is 597 g/mol. The van der Waals surface area contributed by atoms with Crippen molar-refractivity contribution < 1.29 is 28.7 Å². The van der Waals surface area contributed by atoms with Crippen LogP contribution in [0.4, 0.5) is 0 Å². The van der Waals surface area contributed by atoms with E-state index in [1.54, 1.807) is 14.2 Å². The first kappa shape index (κ1) is 27.4. The standard InChI is InChI=1S/C39H32O6/c1-40-32-10-8-28-16-25(3-6-30(28)19-32)15-26-5-13-37-35(18-26)39(23-42-37)24-43-38-14-12-34(21-36(38)39)45-44-22-27-4-7-31-20-33(41-2)11-9-29(31)17-27/h3-14,16-21H,15,22-24H2,1-2H3. The van der Waals surface area contributed by atoms with E-state index in [0.717, 1.165) is 56.9 Å². The Labute approximate surface area is 261 Å². The number of benzene rings is 6. The molecule has 1 atom stereocenters. The van der Waals surface area contributed by atoms with E-state index in [9.17, 15) is 0 Å². The fraction of sp³-hybridized carbons (Fsp3) is 0.179. The summed E-state index contributed by atoms with van der Waals surface area (Å²) in [6.07, 6.45) is 0.818. The Morgan fingerprint density at radius 3 is 1.73 bits per heavy atom. The van der Waals surface area contributed by atoms with Crippen LogP contribution in [0.5, 0.6) is 28.7 Å². The topological polar surface area (TPSA) is 55.4 Å². The van der Waals surface area contributed by atoms with Crippen molar-refractivity contribution in [1.82, 2.24) is 0 Å². The zero-order valence-corrected chi connectivity index (χ0v) is 25.2. The quantitative estimate of drug-likeness (QED) is 0.130. The molecular weight excluding hydrogens is 564 g/mol. The number of methoxy groups -OCH3 is 2. The van der Waals surface area contributed by atoms with Gasteiger partial charge in [-0.25, -0.2) is 0 Å². The molecule has 45 heavy (non-hydrogen) atoms. The van der Waals surface area contributed by atoms with Crippen LogP contribution in [0.3, 0.4) is 0 Å². The molecule has 2 aliphatic rings. The predicted molar refractivity (Wildman–Crippen MR) is 174 cm³/mol. The van der Waals surface area contributed by atoms with Crippen molar-refractivity contribution in [2.75, 3.05) is 27.4 Å². The molecule has 2 heterocycles. The van der Waals surface area contributed by atoms with Gasteiger partial charge in [-0.05, 0) is 99.3 Å². The van der Waals surface area contributed by atoms with Gasteiger partial charge in [0.25, 0.3) is 0 Å². The Morgan fingerprint density at radius 2 is 1.04 bits per heavy atom. The molecular formula is C39H32O6. The van der Waals surface area contributed by atoms with Gasteiger partial charge in [-0.15, -0.1) is 0 Å². The summed E-state index contributed by atoms with van der Waals surface area (Å²) in [6, 6.07) is 37.4. The highest BCUT2D eigenvalue weighted by Gasteiger charge is 2.49. The normalized spacial score (nSPS) is 16.3. The summed E-state index contributed by atoms with van der Waals surface area (Å²) in [5.74, 6) is 4.08. The van der Waals surface area contributed by atoms with Crippen LogP contribution in [0.15, 0.2) is 109 Å². The summed E-state index contributed by atoms with van der Waals surface area (Å²) < 4.78 is 23.2. The minimum absolute atomic E-state index is 0.318. The van der Waals surface area contributed by atoms with E-state index >= 15 is 0 Å². The molecule has 0 bridgehead atoms. The molecule has 6 aromatic rings. The van der Waals surface area contributed by atoms with Gasteiger partial charge in [-0.1, -0.05) is 54.6 Å². The number of rotatable bonds is 8. The molecule has 0 aromatic heterocycles. The van der Waals surface area contributed by atoms with Crippen molar-refractivity contribution in [2.24, 2.45) is 0 Å². The molecule has 0 N–H and O–H groups in total. The van der Waals surface area contributed by atoms with Gasteiger partial charge in [0.2, 0.25) is 0 Å². The lowest BCUT2D eigenvalue weighted by Crippen LogP contribution is -2.31. The molecule has 1 spiro atoms. The van der Waals surface area contributed by atoms with E-state index in [1.165, 1.54) is 21.9 Å². The van der Waals surface area contributed by atoms with Crippen LogP contribution in [0.25, 0.3) is 21.5 Å². The molecule has 8 rings (SSSR count). The summed E-state index contributed by atoms with van der Waals surface area (Å²) in [4.78, 5) is 11.5. The Morgan fingerprint density at radius 1 is 0.533 bits per heavy atom. The molecule has 0 aliphatic carbocycles. The first-order valence-corrected chi connectivity index (χ1v) is 15.1. The smallest absolute Gasteiger partial charge is 0.165 e. The third-order valence-corrected chi connectivity index (χ3v) is 8.99. The second-order valence-corrected chi connectivity index (χ2v) is 11.8. The zero-order chi connectivity index (χ0) is 30.4. The Balaban J connectivity index is 1.01. The molecule has 6 aromatic carbocycles. The molecule has 1 unspecified atom stereocenters. The van der Waals surface area contributed by atoms with E-state index < -0.39 is 5.41 Å². The zero-order valence-electron chi connectivity index (χ0n) is 25.2.